The molecule has 1 saturated heterocycles. The van der Waals surface area contributed by atoms with Crippen molar-refractivity contribution in [1.29, 1.82) is 0 Å². The minimum absolute atomic E-state index is 0.0185. The molecule has 2 atom stereocenters. The molecule has 5 heteroatoms. The van der Waals surface area contributed by atoms with Crippen LogP contribution in [0.4, 0.5) is 0 Å². The Bertz CT molecular complexity index is 509. The minimum atomic E-state index is -0.136. The molecule has 1 N–H and O–H groups in total. The molecule has 0 aromatic heterocycles. The van der Waals surface area contributed by atoms with Gasteiger partial charge in [0, 0.05) is 12.1 Å². The van der Waals surface area contributed by atoms with Crippen molar-refractivity contribution in [2.24, 2.45) is 0 Å². The molecule has 1 aliphatic rings. The van der Waals surface area contributed by atoms with E-state index in [4.69, 9.17) is 9.47 Å². The summed E-state index contributed by atoms with van der Waals surface area (Å²) < 4.78 is 10.9. The van der Waals surface area contributed by atoms with Crippen molar-refractivity contribution in [3.05, 3.63) is 23.8 Å². The summed E-state index contributed by atoms with van der Waals surface area (Å²) >= 11 is 0. The molecule has 1 fully saturated rings. The first-order chi connectivity index (χ1) is 10.5. The Hall–Kier alpha value is -1.75. The van der Waals surface area contributed by atoms with Crippen LogP contribution in [0.2, 0.25) is 0 Å². The number of hydrazine groups is 1. The maximum atomic E-state index is 12.1. The van der Waals surface area contributed by atoms with Crippen LogP contribution in [0.25, 0.3) is 0 Å². The molecule has 0 unspecified atom stereocenters. The second-order valence-electron chi connectivity index (χ2n) is 6.01. The molecule has 1 aromatic carbocycles. The van der Waals surface area contributed by atoms with E-state index < -0.39 is 0 Å². The molecule has 0 radical (unpaired) electrons. The first-order valence-corrected chi connectivity index (χ1v) is 7.86. The number of methoxy groups -OCH3 is 1. The summed E-state index contributed by atoms with van der Waals surface area (Å²) in [4.78, 5) is 12.1. The van der Waals surface area contributed by atoms with E-state index >= 15 is 0 Å². The van der Waals surface area contributed by atoms with Gasteiger partial charge in [0.05, 0.1) is 7.11 Å². The van der Waals surface area contributed by atoms with Crippen molar-refractivity contribution in [1.82, 2.24) is 10.4 Å². The van der Waals surface area contributed by atoms with Crippen LogP contribution in [0.3, 0.4) is 0 Å². The molecule has 0 saturated carbocycles. The van der Waals surface area contributed by atoms with Crippen LogP contribution in [0.15, 0.2) is 18.2 Å². The third-order valence-corrected chi connectivity index (χ3v) is 4.13. The van der Waals surface area contributed by atoms with E-state index in [1.807, 2.05) is 30.1 Å². The first-order valence-electron chi connectivity index (χ1n) is 7.86. The Labute approximate surface area is 132 Å². The van der Waals surface area contributed by atoms with Gasteiger partial charge in [0.15, 0.2) is 18.1 Å². The van der Waals surface area contributed by atoms with Crippen LogP contribution in [0.1, 0.15) is 38.7 Å². The van der Waals surface area contributed by atoms with E-state index in [1.54, 1.807) is 7.11 Å². The van der Waals surface area contributed by atoms with Gasteiger partial charge in [-0.3, -0.25) is 10.2 Å². The van der Waals surface area contributed by atoms with Gasteiger partial charge >= 0.3 is 0 Å². The fourth-order valence-corrected chi connectivity index (χ4v) is 2.86. The van der Waals surface area contributed by atoms with Gasteiger partial charge in [-0.15, -0.1) is 0 Å². The third kappa shape index (κ3) is 4.13. The fraction of sp³-hybridized carbons (Fsp3) is 0.588. The summed E-state index contributed by atoms with van der Waals surface area (Å²) in [5.41, 5.74) is 4.05. The predicted molar refractivity (Wildman–Crippen MR) is 86.0 cm³/mol. The average Bonchev–Trinajstić information content (AvgIpc) is 2.49. The molecule has 1 heterocycles. The maximum Gasteiger partial charge on any atom is 0.272 e. The number of rotatable bonds is 5. The van der Waals surface area contributed by atoms with Crippen molar-refractivity contribution >= 4 is 5.91 Å². The van der Waals surface area contributed by atoms with Crippen molar-refractivity contribution in [3.63, 3.8) is 0 Å². The summed E-state index contributed by atoms with van der Waals surface area (Å²) in [5, 5.41) is 2.04. The summed E-state index contributed by atoms with van der Waals surface area (Å²) in [7, 11) is 1.60. The van der Waals surface area contributed by atoms with E-state index in [1.165, 1.54) is 6.42 Å². The monoisotopic (exact) mass is 306 g/mol. The van der Waals surface area contributed by atoms with E-state index in [0.29, 0.717) is 23.6 Å². The van der Waals surface area contributed by atoms with Crippen LogP contribution in [0, 0.1) is 6.92 Å². The minimum Gasteiger partial charge on any atom is -0.493 e. The number of carbonyl (C=O) groups excluding carboxylic acids is 1. The number of ether oxygens (including phenoxy) is 2. The molecule has 0 aliphatic carbocycles. The molecule has 5 nitrogen and oxygen atoms in total. The van der Waals surface area contributed by atoms with Crippen molar-refractivity contribution in [2.45, 2.75) is 52.1 Å². The second-order valence-corrected chi connectivity index (χ2v) is 6.01. The fourth-order valence-electron chi connectivity index (χ4n) is 2.86. The zero-order valence-corrected chi connectivity index (χ0v) is 13.9. The number of hydrogen-bond acceptors (Lipinski definition) is 4. The highest BCUT2D eigenvalue weighted by atomic mass is 16.5. The van der Waals surface area contributed by atoms with Gasteiger partial charge in [-0.25, -0.2) is 5.01 Å². The Kier molecular flexibility index (Phi) is 5.66. The normalized spacial score (nSPS) is 22.2. The SMILES string of the molecule is COc1cc(C)ccc1OCC(=O)NN1[C@H](C)CCC[C@H]1C. The van der Waals surface area contributed by atoms with E-state index in [2.05, 4.69) is 19.3 Å². The number of piperidine rings is 1. The number of carbonyl (C=O) groups is 1. The zero-order valence-electron chi connectivity index (χ0n) is 13.9. The van der Waals surface area contributed by atoms with E-state index in [0.717, 1.165) is 18.4 Å². The van der Waals surface area contributed by atoms with Gasteiger partial charge in [0.2, 0.25) is 0 Å². The van der Waals surface area contributed by atoms with E-state index in [9.17, 15) is 4.79 Å². The highest BCUT2D eigenvalue weighted by molar-refractivity contribution is 5.77. The summed E-state index contributed by atoms with van der Waals surface area (Å²) in [6.45, 7) is 6.24. The molecule has 0 spiro atoms. The Balaban J connectivity index is 1.90. The number of nitrogens with zero attached hydrogens (tertiary/aromatic N) is 1. The zero-order chi connectivity index (χ0) is 16.1. The van der Waals surface area contributed by atoms with Crippen molar-refractivity contribution in [2.75, 3.05) is 13.7 Å². The summed E-state index contributed by atoms with van der Waals surface area (Å²) in [6.07, 6.45) is 3.43. The molecule has 0 bridgehead atoms. The molecule has 122 valence electrons. The lowest BCUT2D eigenvalue weighted by Gasteiger charge is -2.38. The van der Waals surface area contributed by atoms with Gasteiger partial charge in [-0.2, -0.15) is 0 Å². The number of amides is 1. The smallest absolute Gasteiger partial charge is 0.272 e. The standard InChI is InChI=1S/C17H26N2O3/c1-12-8-9-15(16(10-12)21-4)22-11-17(20)18-19-13(2)6-5-7-14(19)3/h8-10,13-14H,5-7,11H2,1-4H3,(H,18,20)/t13-,14-/m1/s1. The highest BCUT2D eigenvalue weighted by Crippen LogP contribution is 2.27. The second kappa shape index (κ2) is 7.49. The van der Waals surface area contributed by atoms with Gasteiger partial charge in [-0.1, -0.05) is 12.5 Å². The quantitative estimate of drug-likeness (QED) is 0.908. The van der Waals surface area contributed by atoms with E-state index in [-0.39, 0.29) is 12.5 Å². The Morgan fingerprint density at radius 2 is 1.95 bits per heavy atom. The molecule has 1 amide bonds. The largest absolute Gasteiger partial charge is 0.493 e. The van der Waals surface area contributed by atoms with Crippen molar-refractivity contribution < 1.29 is 14.3 Å². The molecule has 1 aromatic rings. The lowest BCUT2D eigenvalue weighted by Crippen LogP contribution is -2.55. The topological polar surface area (TPSA) is 50.8 Å². The Morgan fingerprint density at radius 3 is 2.59 bits per heavy atom. The van der Waals surface area contributed by atoms with Crippen LogP contribution >= 0.6 is 0 Å². The van der Waals surface area contributed by atoms with Gasteiger partial charge in [0.1, 0.15) is 0 Å². The van der Waals surface area contributed by atoms with Gasteiger partial charge in [0.25, 0.3) is 5.91 Å². The molecule has 2 rings (SSSR count). The summed E-state index contributed by atoms with van der Waals surface area (Å²) in [5.74, 6) is 1.10. The number of nitrogens with one attached hydrogen (secondary N) is 1. The van der Waals surface area contributed by atoms with Gasteiger partial charge < -0.3 is 9.47 Å². The molecular formula is C17H26N2O3. The van der Waals surface area contributed by atoms with Crippen LogP contribution in [-0.2, 0) is 4.79 Å². The van der Waals surface area contributed by atoms with Gasteiger partial charge in [-0.05, 0) is 51.3 Å². The average molecular weight is 306 g/mol. The number of hydrogen-bond donors (Lipinski definition) is 1. The van der Waals surface area contributed by atoms with Crippen LogP contribution in [0.5, 0.6) is 11.5 Å². The first kappa shape index (κ1) is 16.6. The maximum absolute atomic E-state index is 12.1. The highest BCUT2D eigenvalue weighted by Gasteiger charge is 2.26. The number of benzene rings is 1. The summed E-state index contributed by atoms with van der Waals surface area (Å²) in [6, 6.07) is 6.38. The Morgan fingerprint density at radius 1 is 1.27 bits per heavy atom. The molecule has 22 heavy (non-hydrogen) atoms. The number of aryl methyl sites for hydroxylation is 1. The van der Waals surface area contributed by atoms with Crippen LogP contribution in [-0.4, -0.2) is 36.7 Å². The molecule has 1 aliphatic heterocycles. The molecular weight excluding hydrogens is 280 g/mol. The van der Waals surface area contributed by atoms with Crippen molar-refractivity contribution in [3.8, 4) is 11.5 Å². The predicted octanol–water partition coefficient (Wildman–Crippen LogP) is 2.68. The lowest BCUT2D eigenvalue weighted by molar-refractivity contribution is -0.131. The lowest BCUT2D eigenvalue weighted by atomic mass is 10.00. The third-order valence-electron chi connectivity index (χ3n) is 4.13. The van der Waals surface area contributed by atoms with Crippen LogP contribution < -0.4 is 14.9 Å².